The second kappa shape index (κ2) is 10.7. The molecule has 1 N–H and O–H groups in total. The van der Waals surface area contributed by atoms with Gasteiger partial charge in [0.05, 0.1) is 22.6 Å². The van der Waals surface area contributed by atoms with Crippen LogP contribution in [0.3, 0.4) is 0 Å². The van der Waals surface area contributed by atoms with Crippen molar-refractivity contribution < 1.29 is 23.5 Å². The molecule has 0 spiro atoms. The Morgan fingerprint density at radius 2 is 1.84 bits per heavy atom. The summed E-state index contributed by atoms with van der Waals surface area (Å²) in [7, 11) is 0. The van der Waals surface area contributed by atoms with Crippen molar-refractivity contribution in [2.45, 2.75) is 45.1 Å². The maximum Gasteiger partial charge on any atom is 0.412 e. The lowest BCUT2D eigenvalue weighted by Crippen LogP contribution is -2.23. The molecule has 38 heavy (non-hydrogen) atoms. The van der Waals surface area contributed by atoms with Crippen LogP contribution in [0.15, 0.2) is 65.4 Å². The van der Waals surface area contributed by atoms with Crippen molar-refractivity contribution in [1.29, 1.82) is 0 Å². The molecule has 1 saturated carbocycles. The average Bonchev–Trinajstić information content (AvgIpc) is 3.48. The van der Waals surface area contributed by atoms with Crippen LogP contribution in [-0.2, 0) is 19.7 Å². The number of benzene rings is 2. The molecule has 8 heteroatoms. The van der Waals surface area contributed by atoms with Gasteiger partial charge in [0.15, 0.2) is 5.13 Å². The summed E-state index contributed by atoms with van der Waals surface area (Å²) in [5.74, 6) is -0.240. The number of rotatable bonds is 8. The topological polar surface area (TPSA) is 64.6 Å². The van der Waals surface area contributed by atoms with E-state index in [1.807, 2.05) is 73.1 Å². The summed E-state index contributed by atoms with van der Waals surface area (Å²) in [6.07, 6.45) is 0.290. The second-order valence-corrected chi connectivity index (χ2v) is 11.2. The highest BCUT2D eigenvalue weighted by molar-refractivity contribution is 7.14. The van der Waals surface area contributed by atoms with Crippen molar-refractivity contribution in [3.8, 4) is 21.6 Å². The minimum atomic E-state index is -0.684. The Labute approximate surface area is 229 Å². The van der Waals surface area contributed by atoms with Crippen molar-refractivity contribution in [3.05, 3.63) is 87.2 Å². The predicted molar refractivity (Wildman–Crippen MR) is 150 cm³/mol. The lowest BCUT2D eigenvalue weighted by atomic mass is 9.89. The van der Waals surface area contributed by atoms with Gasteiger partial charge in [-0.05, 0) is 72.7 Å². The van der Waals surface area contributed by atoms with Gasteiger partial charge in [-0.15, -0.1) is 11.3 Å². The molecular weight excluding hydrogens is 521 g/mol. The molecule has 2 aromatic heterocycles. The van der Waals surface area contributed by atoms with E-state index < -0.39 is 22.7 Å². The lowest BCUT2D eigenvalue weighted by molar-refractivity contribution is -0.146. The highest BCUT2D eigenvalue weighted by Crippen LogP contribution is 2.52. The van der Waals surface area contributed by atoms with Crippen LogP contribution >= 0.6 is 22.7 Å². The first-order valence-corrected chi connectivity index (χ1v) is 14.3. The number of esters is 1. The molecule has 0 radical (unpaired) electrons. The third-order valence-electron chi connectivity index (χ3n) is 6.87. The summed E-state index contributed by atoms with van der Waals surface area (Å²) >= 11 is 2.49. The molecule has 1 amide bonds. The van der Waals surface area contributed by atoms with Crippen LogP contribution in [0.4, 0.5) is 14.9 Å². The van der Waals surface area contributed by atoms with Gasteiger partial charge >= 0.3 is 12.1 Å². The number of thiophene rings is 2. The van der Waals surface area contributed by atoms with E-state index in [0.717, 1.165) is 44.7 Å². The van der Waals surface area contributed by atoms with Crippen LogP contribution in [-0.4, -0.2) is 18.7 Å². The monoisotopic (exact) mass is 549 g/mol. The number of hydrogen-bond donors (Lipinski definition) is 1. The van der Waals surface area contributed by atoms with Gasteiger partial charge in [0.1, 0.15) is 6.10 Å². The minimum Gasteiger partial charge on any atom is -0.465 e. The highest BCUT2D eigenvalue weighted by Gasteiger charge is 2.53. The van der Waals surface area contributed by atoms with Crippen molar-refractivity contribution in [2.75, 3.05) is 11.9 Å². The van der Waals surface area contributed by atoms with Gasteiger partial charge < -0.3 is 9.47 Å². The zero-order valence-corrected chi connectivity index (χ0v) is 23.0. The third-order valence-corrected chi connectivity index (χ3v) is 8.71. The average molecular weight is 550 g/mol. The second-order valence-electron chi connectivity index (χ2n) is 9.40. The molecule has 0 saturated heterocycles. The van der Waals surface area contributed by atoms with E-state index in [0.29, 0.717) is 30.0 Å². The van der Waals surface area contributed by atoms with Crippen LogP contribution in [0.25, 0.3) is 21.6 Å². The van der Waals surface area contributed by atoms with E-state index in [1.165, 1.54) is 6.07 Å². The number of nitrogens with one attached hydrogen (secondary N) is 1. The van der Waals surface area contributed by atoms with E-state index in [2.05, 4.69) is 5.32 Å². The molecule has 5 rings (SSSR count). The highest BCUT2D eigenvalue weighted by atomic mass is 32.1. The van der Waals surface area contributed by atoms with Crippen LogP contribution < -0.4 is 5.32 Å². The molecule has 4 aromatic rings. The summed E-state index contributed by atoms with van der Waals surface area (Å²) in [4.78, 5) is 26.2. The standard InChI is InChI=1S/C30H28FNO4S2/c1-4-35-28(33)30(12-13-30)21-10-11-22(20-8-6-5-7-9-20)23(14-21)27-25(15-26(31)38-27)32-29(34)36-19(3)24-17-37-16-18(24)2/h5-11,14-17,19H,4,12-13H2,1-3H3,(H,32,34). The van der Waals surface area contributed by atoms with E-state index >= 15 is 0 Å². The fourth-order valence-corrected chi connectivity index (χ4v) is 6.51. The minimum absolute atomic E-state index is 0.240. The van der Waals surface area contributed by atoms with Gasteiger partial charge in [-0.3, -0.25) is 10.1 Å². The SMILES string of the molecule is CCOC(=O)C1(c2ccc(-c3ccccc3)c(-c3sc(F)cc3NC(=O)OC(C)c3cscc3C)c2)CC1. The Morgan fingerprint density at radius 1 is 1.08 bits per heavy atom. The first kappa shape index (κ1) is 26.1. The molecule has 196 valence electrons. The predicted octanol–water partition coefficient (Wildman–Crippen LogP) is 8.50. The van der Waals surface area contributed by atoms with E-state index in [-0.39, 0.29) is 5.97 Å². The Kier molecular flexibility index (Phi) is 7.36. The van der Waals surface area contributed by atoms with Crippen molar-refractivity contribution in [3.63, 3.8) is 0 Å². The van der Waals surface area contributed by atoms with E-state index in [9.17, 15) is 14.0 Å². The van der Waals surface area contributed by atoms with Gasteiger partial charge in [-0.25, -0.2) is 4.79 Å². The summed E-state index contributed by atoms with van der Waals surface area (Å²) in [6, 6.07) is 16.9. The zero-order valence-electron chi connectivity index (χ0n) is 21.4. The van der Waals surface area contributed by atoms with Gasteiger partial charge in [-0.1, -0.05) is 42.5 Å². The molecule has 5 nitrogen and oxygen atoms in total. The van der Waals surface area contributed by atoms with Crippen LogP contribution in [0.2, 0.25) is 0 Å². The van der Waals surface area contributed by atoms with E-state index in [1.54, 1.807) is 18.3 Å². The molecule has 2 aromatic carbocycles. The van der Waals surface area contributed by atoms with Gasteiger partial charge in [-0.2, -0.15) is 15.7 Å². The number of carbonyl (C=O) groups is 2. The summed E-state index contributed by atoms with van der Waals surface area (Å²) in [5, 5.41) is 6.28. The number of halogens is 1. The van der Waals surface area contributed by atoms with Gasteiger partial charge in [0.25, 0.3) is 0 Å². The van der Waals surface area contributed by atoms with Gasteiger partial charge in [0, 0.05) is 17.2 Å². The zero-order chi connectivity index (χ0) is 26.9. The summed E-state index contributed by atoms with van der Waals surface area (Å²) in [5.41, 5.74) is 5.00. The Morgan fingerprint density at radius 3 is 2.50 bits per heavy atom. The normalized spacial score (nSPS) is 14.5. The molecule has 1 fully saturated rings. The van der Waals surface area contributed by atoms with E-state index in [4.69, 9.17) is 9.47 Å². The largest absolute Gasteiger partial charge is 0.465 e. The number of amides is 1. The lowest BCUT2D eigenvalue weighted by Gasteiger charge is -2.18. The third kappa shape index (κ3) is 5.11. The van der Waals surface area contributed by atoms with Crippen molar-refractivity contribution >= 4 is 40.4 Å². The molecule has 1 atom stereocenters. The Balaban J connectivity index is 1.52. The fraction of sp³-hybridized carbons (Fsp3) is 0.267. The summed E-state index contributed by atoms with van der Waals surface area (Å²) in [6.45, 7) is 5.89. The van der Waals surface area contributed by atoms with Crippen molar-refractivity contribution in [1.82, 2.24) is 0 Å². The quantitative estimate of drug-likeness (QED) is 0.224. The molecule has 1 aliphatic carbocycles. The van der Waals surface area contributed by atoms with Crippen LogP contribution in [0, 0.1) is 12.1 Å². The molecule has 1 unspecified atom stereocenters. The van der Waals surface area contributed by atoms with Crippen molar-refractivity contribution in [2.24, 2.45) is 0 Å². The maximum atomic E-state index is 14.7. The molecule has 0 aliphatic heterocycles. The van der Waals surface area contributed by atoms with Crippen LogP contribution in [0.1, 0.15) is 49.5 Å². The number of aryl methyl sites for hydroxylation is 1. The number of carbonyl (C=O) groups excluding carboxylic acids is 2. The number of hydrogen-bond acceptors (Lipinski definition) is 6. The number of anilines is 1. The Bertz CT molecular complexity index is 1470. The molecule has 0 bridgehead atoms. The summed E-state index contributed by atoms with van der Waals surface area (Å²) < 4.78 is 25.7. The fourth-order valence-electron chi connectivity index (χ4n) is 4.71. The van der Waals surface area contributed by atoms with Gasteiger partial charge in [0.2, 0.25) is 0 Å². The van der Waals surface area contributed by atoms with Crippen LogP contribution in [0.5, 0.6) is 0 Å². The smallest absolute Gasteiger partial charge is 0.412 e. The first-order chi connectivity index (χ1) is 18.3. The molecular formula is C30H28FNO4S2. The molecule has 1 aliphatic rings. The number of ether oxygens (including phenoxy) is 2. The Hall–Kier alpha value is -3.49. The maximum absolute atomic E-state index is 14.7. The first-order valence-electron chi connectivity index (χ1n) is 12.5. The molecule has 2 heterocycles.